The molecule has 294 valence electrons. The van der Waals surface area contributed by atoms with Crippen LogP contribution in [0.2, 0.25) is 0 Å². The molecule has 0 bridgehead atoms. The van der Waals surface area contributed by atoms with Crippen molar-refractivity contribution in [2.75, 3.05) is 39.6 Å². The van der Waals surface area contributed by atoms with E-state index in [0.29, 0.717) is 11.1 Å². The van der Waals surface area contributed by atoms with Crippen molar-refractivity contribution in [3.05, 3.63) is 70.8 Å². The van der Waals surface area contributed by atoms with E-state index in [1.807, 2.05) is 0 Å². The minimum absolute atomic E-state index is 0.157. The molecule has 2 fully saturated rings. The molecule has 4 atom stereocenters. The zero-order valence-electron chi connectivity index (χ0n) is 29.1. The first kappa shape index (κ1) is 41.8. The van der Waals surface area contributed by atoms with Gasteiger partial charge in [-0.1, -0.05) is 24.3 Å². The lowest BCUT2D eigenvalue weighted by Gasteiger charge is -2.43. The van der Waals surface area contributed by atoms with Crippen molar-refractivity contribution in [3.8, 4) is 0 Å². The van der Waals surface area contributed by atoms with Crippen LogP contribution in [0, 0.1) is 0 Å². The van der Waals surface area contributed by atoms with Crippen LogP contribution in [-0.2, 0) is 63.4 Å². The molecule has 0 aromatic heterocycles. The van der Waals surface area contributed by atoms with Crippen molar-refractivity contribution < 1.29 is 64.6 Å². The number of amides is 4. The number of piperazine rings is 2. The number of imide groups is 2. The summed E-state index contributed by atoms with van der Waals surface area (Å²) in [6.07, 6.45) is -9.38. The number of carbonyl (C=O) groups excluding carboxylic acids is 6. The van der Waals surface area contributed by atoms with Gasteiger partial charge in [-0.2, -0.15) is 26.3 Å². The Morgan fingerprint density at radius 2 is 0.870 bits per heavy atom. The Morgan fingerprint density at radius 3 is 1.13 bits per heavy atom. The van der Waals surface area contributed by atoms with Crippen LogP contribution >= 0.6 is 0 Å². The maximum absolute atomic E-state index is 12.9. The largest absolute Gasteiger partial charge is 0.443 e. The molecule has 4 rings (SSSR count). The monoisotopic (exact) mass is 772 g/mol. The normalized spacial score (nSPS) is 18.7. The number of carbonyl (C=O) groups is 6. The van der Waals surface area contributed by atoms with Crippen LogP contribution in [0.3, 0.4) is 0 Å². The lowest BCUT2D eigenvalue weighted by molar-refractivity contribution is -0.169. The molecule has 4 N–H and O–H groups in total. The van der Waals surface area contributed by atoms with Gasteiger partial charge in [-0.25, -0.2) is 9.80 Å². The highest BCUT2D eigenvalue weighted by atomic mass is 19.4. The van der Waals surface area contributed by atoms with Crippen molar-refractivity contribution in [1.29, 1.82) is 0 Å². The van der Waals surface area contributed by atoms with Crippen LogP contribution in [0.5, 0.6) is 0 Å². The Kier molecular flexibility index (Phi) is 13.2. The van der Waals surface area contributed by atoms with Gasteiger partial charge < -0.3 is 20.9 Å². The molecule has 20 heteroatoms. The molecule has 0 saturated carbocycles. The second kappa shape index (κ2) is 17.0. The molecular weight excluding hydrogens is 734 g/mol. The Hall–Kier alpha value is -4.92. The van der Waals surface area contributed by atoms with Gasteiger partial charge in [0.25, 0.3) is 0 Å². The molecule has 14 nitrogen and oxygen atoms in total. The highest BCUT2D eigenvalue weighted by molar-refractivity contribution is 6.00. The molecule has 2 aromatic carbocycles. The summed E-state index contributed by atoms with van der Waals surface area (Å²) in [4.78, 5) is 81.0. The summed E-state index contributed by atoms with van der Waals surface area (Å²) < 4.78 is 86.9. The summed E-state index contributed by atoms with van der Waals surface area (Å²) in [7, 11) is 0. The fourth-order valence-electron chi connectivity index (χ4n) is 5.71. The summed E-state index contributed by atoms with van der Waals surface area (Å²) in [6.45, 7) is 0.779. The summed E-state index contributed by atoms with van der Waals surface area (Å²) in [5, 5.41) is 0. The van der Waals surface area contributed by atoms with Crippen molar-refractivity contribution in [2.45, 2.75) is 63.2 Å². The summed E-state index contributed by atoms with van der Waals surface area (Å²) in [5.74, 6) is -4.78. The van der Waals surface area contributed by atoms with Gasteiger partial charge in [-0.05, 0) is 62.1 Å². The fraction of sp³-hybridized carbons (Fsp3) is 0.471. The average molecular weight is 773 g/mol. The third-order valence-corrected chi connectivity index (χ3v) is 9.16. The molecule has 4 unspecified atom stereocenters. The number of ether oxygens (including phenoxy) is 2. The Bertz CT molecular complexity index is 1560. The predicted molar refractivity (Wildman–Crippen MR) is 174 cm³/mol. The van der Waals surface area contributed by atoms with E-state index < -0.39 is 96.7 Å². The van der Waals surface area contributed by atoms with Gasteiger partial charge in [0.1, 0.15) is 12.1 Å². The van der Waals surface area contributed by atoms with Crippen molar-refractivity contribution in [1.82, 2.24) is 19.6 Å². The molecule has 0 aliphatic carbocycles. The second-order valence-electron chi connectivity index (χ2n) is 12.9. The molecule has 2 saturated heterocycles. The van der Waals surface area contributed by atoms with Crippen LogP contribution in [0.15, 0.2) is 48.5 Å². The average Bonchev–Trinajstić information content (AvgIpc) is 3.09. The van der Waals surface area contributed by atoms with E-state index in [1.165, 1.54) is 34.1 Å². The topological polar surface area (TPSA) is 186 Å². The standard InChI is InChI=1S/C34H38F6N6O8/c1-19(43-13-27(47)45(28(48)14-43)17-53-31(51)25(41)11-21-3-7-23(8-4-21)33(35,36)37)20(2)44-15-29(49)46(30(50)16-44)18-54-32(52)26(42)12-22-5-9-24(10-6-22)34(38,39)40/h3-10,19-20,25-26H,11-18,41-42H2,1-2H3. The maximum Gasteiger partial charge on any atom is 0.416 e. The van der Waals surface area contributed by atoms with Gasteiger partial charge in [-0.3, -0.25) is 38.6 Å². The molecule has 54 heavy (non-hydrogen) atoms. The van der Waals surface area contributed by atoms with Crippen molar-refractivity contribution >= 4 is 35.6 Å². The van der Waals surface area contributed by atoms with Gasteiger partial charge in [-0.15, -0.1) is 0 Å². The summed E-state index contributed by atoms with van der Waals surface area (Å²) in [6, 6.07) is 4.41. The summed E-state index contributed by atoms with van der Waals surface area (Å²) in [5.41, 5.74) is 10.6. The van der Waals surface area contributed by atoms with Gasteiger partial charge in [0, 0.05) is 12.1 Å². The quantitative estimate of drug-likeness (QED) is 0.169. The Labute approximate surface area is 304 Å². The van der Waals surface area contributed by atoms with Gasteiger partial charge in [0.2, 0.25) is 23.6 Å². The number of esters is 2. The number of hydrogen-bond donors (Lipinski definition) is 2. The smallest absolute Gasteiger partial charge is 0.416 e. The number of alkyl halides is 6. The first-order valence-electron chi connectivity index (χ1n) is 16.5. The number of nitrogens with zero attached hydrogens (tertiary/aromatic N) is 4. The SMILES string of the molecule is CC(C(C)N1CC(=O)N(COC(=O)C(N)Cc2ccc(C(F)(F)F)cc2)C(=O)C1)N1CC(=O)N(COC(=O)C(N)Cc2ccc(C(F)(F)F)cc2)C(=O)C1. The molecule has 0 radical (unpaired) electrons. The first-order chi connectivity index (χ1) is 25.1. The van der Waals surface area contributed by atoms with E-state index in [4.69, 9.17) is 20.9 Å². The molecule has 2 heterocycles. The maximum atomic E-state index is 12.9. The molecule has 0 spiro atoms. The third kappa shape index (κ3) is 10.6. The molecule has 2 aliphatic rings. The van der Waals surface area contributed by atoms with Gasteiger partial charge in [0.15, 0.2) is 13.5 Å². The van der Waals surface area contributed by atoms with Crippen molar-refractivity contribution in [3.63, 3.8) is 0 Å². The third-order valence-electron chi connectivity index (χ3n) is 9.16. The van der Waals surface area contributed by atoms with Crippen molar-refractivity contribution in [2.24, 2.45) is 11.5 Å². The van der Waals surface area contributed by atoms with E-state index in [-0.39, 0.29) is 39.0 Å². The van der Waals surface area contributed by atoms with E-state index in [2.05, 4.69) is 0 Å². The Balaban J connectivity index is 1.22. The molecular formula is C34H38F6N6O8. The van der Waals surface area contributed by atoms with Crippen LogP contribution in [0.4, 0.5) is 26.3 Å². The molecule has 2 aromatic rings. The number of rotatable bonds is 13. The van der Waals surface area contributed by atoms with Crippen LogP contribution in [-0.4, -0.2) is 119 Å². The highest BCUT2D eigenvalue weighted by Gasteiger charge is 2.40. The molecule has 4 amide bonds. The number of hydrogen-bond acceptors (Lipinski definition) is 12. The minimum Gasteiger partial charge on any atom is -0.443 e. The second-order valence-corrected chi connectivity index (χ2v) is 12.9. The summed E-state index contributed by atoms with van der Waals surface area (Å²) >= 11 is 0. The van der Waals surface area contributed by atoms with Gasteiger partial charge >= 0.3 is 24.3 Å². The number of benzene rings is 2. The van der Waals surface area contributed by atoms with Crippen LogP contribution in [0.1, 0.15) is 36.1 Å². The van der Waals surface area contributed by atoms with Crippen LogP contribution < -0.4 is 11.5 Å². The predicted octanol–water partition coefficient (Wildman–Crippen LogP) is 1.28. The number of nitrogens with two attached hydrogens (primary N) is 2. The minimum atomic E-state index is -4.53. The highest BCUT2D eigenvalue weighted by Crippen LogP contribution is 2.30. The van der Waals surface area contributed by atoms with E-state index in [9.17, 15) is 55.1 Å². The van der Waals surface area contributed by atoms with Gasteiger partial charge in [0.05, 0.1) is 37.3 Å². The Morgan fingerprint density at radius 1 is 0.593 bits per heavy atom. The van der Waals surface area contributed by atoms with E-state index in [0.717, 1.165) is 34.1 Å². The van der Waals surface area contributed by atoms with E-state index in [1.54, 1.807) is 13.8 Å². The lowest BCUT2D eigenvalue weighted by atomic mass is 10.0. The fourth-order valence-corrected chi connectivity index (χ4v) is 5.71. The lowest BCUT2D eigenvalue weighted by Crippen LogP contribution is -2.63. The van der Waals surface area contributed by atoms with E-state index >= 15 is 0 Å². The molecule has 2 aliphatic heterocycles. The zero-order chi connectivity index (χ0) is 40.1. The zero-order valence-corrected chi connectivity index (χ0v) is 29.1. The number of halogens is 6. The van der Waals surface area contributed by atoms with Crippen LogP contribution in [0.25, 0.3) is 0 Å². The first-order valence-corrected chi connectivity index (χ1v) is 16.5.